The molecule has 0 saturated carbocycles. The van der Waals surface area contributed by atoms with Crippen molar-refractivity contribution in [2.45, 2.75) is 13.5 Å². The van der Waals surface area contributed by atoms with Gasteiger partial charge in [0.25, 0.3) is 0 Å². The molecule has 7 heteroatoms. The lowest BCUT2D eigenvalue weighted by atomic mass is 10.1. The van der Waals surface area contributed by atoms with Crippen LogP contribution in [0.3, 0.4) is 0 Å². The number of phenols is 1. The van der Waals surface area contributed by atoms with Crippen molar-refractivity contribution in [3.05, 3.63) is 57.2 Å². The van der Waals surface area contributed by atoms with Gasteiger partial charge in [-0.25, -0.2) is 4.79 Å². The van der Waals surface area contributed by atoms with Crippen molar-refractivity contribution >= 4 is 40.1 Å². The summed E-state index contributed by atoms with van der Waals surface area (Å²) in [6.07, 6.45) is 0. The largest absolute Gasteiger partial charge is 0.507 e. The van der Waals surface area contributed by atoms with E-state index >= 15 is 0 Å². The number of benzene rings is 2. The van der Waals surface area contributed by atoms with Crippen LogP contribution < -0.4 is 0 Å². The predicted molar refractivity (Wildman–Crippen MR) is 88.7 cm³/mol. The van der Waals surface area contributed by atoms with Gasteiger partial charge in [-0.3, -0.25) is 4.68 Å². The number of halogens is 2. The Hall–Kier alpha value is -2.24. The fourth-order valence-corrected chi connectivity index (χ4v) is 3.01. The Morgan fingerprint density at radius 1 is 1.26 bits per heavy atom. The van der Waals surface area contributed by atoms with Gasteiger partial charge in [-0.15, -0.1) is 0 Å². The fraction of sp³-hybridized carbons (Fsp3) is 0.125. The van der Waals surface area contributed by atoms with E-state index in [0.717, 1.165) is 0 Å². The standard InChI is InChI=1S/C16H12Cl2N2O3/c1-8-9-6-15(21)10(16(22)23)5-14(9)20(19-8)7-11-12(17)3-2-4-13(11)18/h2-6,21H,7H2,1H3,(H,22,23). The molecule has 5 nitrogen and oxygen atoms in total. The van der Waals surface area contributed by atoms with Crippen molar-refractivity contribution in [1.29, 1.82) is 0 Å². The average molecular weight is 351 g/mol. The minimum atomic E-state index is -1.20. The molecule has 0 saturated heterocycles. The number of aromatic hydroxyl groups is 1. The number of aromatic carboxylic acids is 1. The van der Waals surface area contributed by atoms with Gasteiger partial charge in [0.2, 0.25) is 0 Å². The van der Waals surface area contributed by atoms with E-state index in [1.54, 1.807) is 29.8 Å². The van der Waals surface area contributed by atoms with E-state index in [-0.39, 0.29) is 11.3 Å². The first-order valence-corrected chi connectivity index (χ1v) is 7.50. The summed E-state index contributed by atoms with van der Waals surface area (Å²) < 4.78 is 1.63. The minimum Gasteiger partial charge on any atom is -0.507 e. The Kier molecular flexibility index (Phi) is 3.92. The second-order valence-electron chi connectivity index (χ2n) is 5.13. The molecule has 0 bridgehead atoms. The number of fused-ring (bicyclic) bond motifs is 1. The number of aromatic nitrogens is 2. The summed E-state index contributed by atoms with van der Waals surface area (Å²) >= 11 is 12.4. The Bertz CT molecular complexity index is 914. The molecule has 3 aromatic rings. The maximum absolute atomic E-state index is 11.2. The highest BCUT2D eigenvalue weighted by molar-refractivity contribution is 6.36. The zero-order valence-electron chi connectivity index (χ0n) is 12.0. The van der Waals surface area contributed by atoms with Crippen molar-refractivity contribution < 1.29 is 15.0 Å². The molecule has 0 spiro atoms. The number of hydrogen-bond acceptors (Lipinski definition) is 3. The molecule has 0 unspecified atom stereocenters. The molecule has 0 aliphatic rings. The summed E-state index contributed by atoms with van der Waals surface area (Å²) in [5, 5.41) is 25.1. The molecule has 23 heavy (non-hydrogen) atoms. The molecule has 0 aliphatic carbocycles. The lowest BCUT2D eigenvalue weighted by Gasteiger charge is -2.09. The van der Waals surface area contributed by atoms with Crippen LogP contribution >= 0.6 is 23.2 Å². The first-order valence-electron chi connectivity index (χ1n) is 6.75. The van der Waals surface area contributed by atoms with Crippen molar-refractivity contribution in [3.8, 4) is 5.75 Å². The number of nitrogens with zero attached hydrogens (tertiary/aromatic N) is 2. The first kappa shape index (κ1) is 15.6. The van der Waals surface area contributed by atoms with Crippen LogP contribution in [-0.4, -0.2) is 26.0 Å². The predicted octanol–water partition coefficient (Wildman–Crippen LogP) is 4.10. The molecule has 0 amide bonds. The van der Waals surface area contributed by atoms with Crippen LogP contribution in [0, 0.1) is 6.92 Å². The van der Waals surface area contributed by atoms with Crippen molar-refractivity contribution in [3.63, 3.8) is 0 Å². The van der Waals surface area contributed by atoms with Gasteiger partial charge in [0.05, 0.1) is 17.8 Å². The molecule has 2 aromatic carbocycles. The molecular formula is C16H12Cl2N2O3. The Morgan fingerprint density at radius 2 is 1.91 bits per heavy atom. The lowest BCUT2D eigenvalue weighted by molar-refractivity contribution is 0.0694. The summed E-state index contributed by atoms with van der Waals surface area (Å²) in [4.78, 5) is 11.2. The highest BCUT2D eigenvalue weighted by Crippen LogP contribution is 2.30. The average Bonchev–Trinajstić information content (AvgIpc) is 2.78. The first-order chi connectivity index (χ1) is 10.9. The molecule has 0 radical (unpaired) electrons. The van der Waals surface area contributed by atoms with E-state index in [1.807, 2.05) is 0 Å². The number of hydrogen-bond donors (Lipinski definition) is 2. The van der Waals surface area contributed by atoms with E-state index in [0.29, 0.717) is 38.8 Å². The van der Waals surface area contributed by atoms with Crippen LogP contribution in [0.15, 0.2) is 30.3 Å². The maximum Gasteiger partial charge on any atom is 0.339 e. The number of aryl methyl sites for hydroxylation is 1. The third-order valence-corrected chi connectivity index (χ3v) is 4.36. The van der Waals surface area contributed by atoms with Crippen molar-refractivity contribution in [2.75, 3.05) is 0 Å². The quantitative estimate of drug-likeness (QED) is 0.745. The number of carbonyl (C=O) groups is 1. The minimum absolute atomic E-state index is 0.177. The smallest absolute Gasteiger partial charge is 0.339 e. The molecular weight excluding hydrogens is 339 g/mol. The van der Waals surface area contributed by atoms with Crippen LogP contribution in [0.2, 0.25) is 10.0 Å². The fourth-order valence-electron chi connectivity index (χ4n) is 2.49. The van der Waals surface area contributed by atoms with Crippen molar-refractivity contribution in [2.24, 2.45) is 0 Å². The summed E-state index contributed by atoms with van der Waals surface area (Å²) in [5.41, 5.74) is 1.79. The van der Waals surface area contributed by atoms with Gasteiger partial charge in [0, 0.05) is 21.0 Å². The van der Waals surface area contributed by atoms with Crippen LogP contribution in [0.1, 0.15) is 21.6 Å². The molecule has 0 atom stereocenters. The van der Waals surface area contributed by atoms with Gasteiger partial charge in [-0.05, 0) is 31.2 Å². The lowest BCUT2D eigenvalue weighted by Crippen LogP contribution is -2.04. The summed E-state index contributed by atoms with van der Waals surface area (Å²) in [6.45, 7) is 2.08. The van der Waals surface area contributed by atoms with Gasteiger partial charge in [-0.1, -0.05) is 29.3 Å². The van der Waals surface area contributed by atoms with Crippen LogP contribution in [-0.2, 0) is 6.54 Å². The summed E-state index contributed by atoms with van der Waals surface area (Å²) in [7, 11) is 0. The SMILES string of the molecule is Cc1nn(Cc2c(Cl)cccc2Cl)c2cc(C(=O)O)c(O)cc12. The van der Waals surface area contributed by atoms with E-state index < -0.39 is 5.97 Å². The van der Waals surface area contributed by atoms with Crippen LogP contribution in [0.5, 0.6) is 5.75 Å². The van der Waals surface area contributed by atoms with Gasteiger partial charge < -0.3 is 10.2 Å². The third kappa shape index (κ3) is 2.73. The third-order valence-electron chi connectivity index (χ3n) is 3.65. The number of rotatable bonds is 3. The molecule has 0 aliphatic heterocycles. The van der Waals surface area contributed by atoms with Gasteiger partial charge in [0.15, 0.2) is 0 Å². The monoisotopic (exact) mass is 350 g/mol. The highest BCUT2D eigenvalue weighted by Gasteiger charge is 2.17. The van der Waals surface area contributed by atoms with Gasteiger partial charge in [-0.2, -0.15) is 5.10 Å². The van der Waals surface area contributed by atoms with E-state index in [9.17, 15) is 9.90 Å². The molecule has 1 aromatic heterocycles. The van der Waals surface area contributed by atoms with E-state index in [1.165, 1.54) is 12.1 Å². The maximum atomic E-state index is 11.2. The summed E-state index contributed by atoms with van der Waals surface area (Å²) in [5.74, 6) is -1.49. The zero-order chi connectivity index (χ0) is 16.7. The number of carboxylic acid groups (broad SMARTS) is 1. The molecule has 0 fully saturated rings. The normalized spacial score (nSPS) is 11.1. The molecule has 118 valence electrons. The van der Waals surface area contributed by atoms with E-state index in [2.05, 4.69) is 5.10 Å². The molecule has 1 heterocycles. The van der Waals surface area contributed by atoms with Gasteiger partial charge >= 0.3 is 5.97 Å². The Morgan fingerprint density at radius 3 is 2.52 bits per heavy atom. The second kappa shape index (κ2) is 5.76. The van der Waals surface area contributed by atoms with Gasteiger partial charge in [0.1, 0.15) is 11.3 Å². The Labute approximate surface area is 141 Å². The van der Waals surface area contributed by atoms with Crippen LogP contribution in [0.25, 0.3) is 10.9 Å². The van der Waals surface area contributed by atoms with Crippen LogP contribution in [0.4, 0.5) is 0 Å². The molecule has 3 rings (SSSR count). The zero-order valence-corrected chi connectivity index (χ0v) is 13.6. The topological polar surface area (TPSA) is 75.4 Å². The summed E-state index contributed by atoms with van der Waals surface area (Å²) in [6, 6.07) is 8.02. The van der Waals surface area contributed by atoms with Crippen molar-refractivity contribution in [1.82, 2.24) is 9.78 Å². The highest BCUT2D eigenvalue weighted by atomic mass is 35.5. The molecule has 2 N–H and O–H groups in total. The Balaban J connectivity index is 2.18. The van der Waals surface area contributed by atoms with E-state index in [4.69, 9.17) is 28.3 Å². The second-order valence-corrected chi connectivity index (χ2v) is 5.95. The number of carboxylic acids is 1.